The third-order valence-corrected chi connectivity index (χ3v) is 3.47. The van der Waals surface area contributed by atoms with E-state index in [2.05, 4.69) is 25.8 Å². The van der Waals surface area contributed by atoms with Crippen LogP contribution in [-0.2, 0) is 16.2 Å². The zero-order valence-electron chi connectivity index (χ0n) is 14.6. The lowest BCUT2D eigenvalue weighted by Gasteiger charge is -2.06. The molecule has 0 aliphatic carbocycles. The second kappa shape index (κ2) is 11.5. The fraction of sp³-hybridized carbons (Fsp3) is 0.333. The molecule has 4 N–H and O–H groups in total. The van der Waals surface area contributed by atoms with Crippen LogP contribution < -0.4 is 16.5 Å². The summed E-state index contributed by atoms with van der Waals surface area (Å²) in [5.41, 5.74) is 10.1. The van der Waals surface area contributed by atoms with Gasteiger partial charge in [0.2, 0.25) is 5.91 Å². The molecule has 0 radical (unpaired) electrons. The van der Waals surface area contributed by atoms with Gasteiger partial charge in [-0.3, -0.25) is 24.6 Å². The Morgan fingerprint density at radius 2 is 1.73 bits per heavy atom. The predicted molar refractivity (Wildman–Crippen MR) is 100.0 cm³/mol. The molecule has 2 aromatic rings. The van der Waals surface area contributed by atoms with Crippen molar-refractivity contribution in [1.82, 2.24) is 15.4 Å². The molecule has 0 saturated carbocycles. The molecule has 0 aliphatic rings. The quantitative estimate of drug-likeness (QED) is 0.260. The average Bonchev–Trinajstić information content (AvgIpc) is 2.66. The number of anilines is 1. The number of hydroxylamine groups is 1. The Bertz CT molecular complexity index is 679. The van der Waals surface area contributed by atoms with Gasteiger partial charge in [0.15, 0.2) is 5.96 Å². The molecule has 0 spiro atoms. The molecule has 0 fully saturated rings. The van der Waals surface area contributed by atoms with Gasteiger partial charge in [-0.2, -0.15) is 0 Å². The molecule has 0 aromatic carbocycles. The van der Waals surface area contributed by atoms with Gasteiger partial charge in [-0.05, 0) is 42.7 Å². The molecule has 26 heavy (non-hydrogen) atoms. The monoisotopic (exact) mass is 356 g/mol. The van der Waals surface area contributed by atoms with Crippen LogP contribution in [-0.4, -0.2) is 28.4 Å². The first-order chi connectivity index (χ1) is 12.7. The van der Waals surface area contributed by atoms with Crippen molar-refractivity contribution in [3.05, 3.63) is 54.6 Å². The molecule has 0 aliphatic heterocycles. The lowest BCUT2D eigenvalue weighted by atomic mass is 10.2. The molecule has 2 aromatic heterocycles. The Morgan fingerprint density at radius 1 is 1.04 bits per heavy atom. The molecule has 0 saturated heterocycles. The molecule has 8 heteroatoms. The van der Waals surface area contributed by atoms with Crippen molar-refractivity contribution in [2.24, 2.45) is 10.7 Å². The Balaban J connectivity index is 1.49. The lowest BCUT2D eigenvalue weighted by Crippen LogP contribution is -2.23. The number of aliphatic imine (C=N–C) groups is 1. The minimum Gasteiger partial charge on any atom is -0.370 e. The number of nitrogens with two attached hydrogens (primary N) is 1. The zero-order chi connectivity index (χ0) is 18.5. The van der Waals surface area contributed by atoms with E-state index in [1.54, 1.807) is 24.8 Å². The highest BCUT2D eigenvalue weighted by Crippen LogP contribution is 2.03. The summed E-state index contributed by atoms with van der Waals surface area (Å²) < 4.78 is 0. The van der Waals surface area contributed by atoms with Crippen LogP contribution in [0.2, 0.25) is 0 Å². The summed E-state index contributed by atoms with van der Waals surface area (Å²) in [6.07, 6.45) is 9.68. The second-order valence-electron chi connectivity index (χ2n) is 5.61. The SMILES string of the molecule is NC(=NCCCCCC(=O)NOCc1ccncc1)Nc1ccncc1. The summed E-state index contributed by atoms with van der Waals surface area (Å²) in [6.45, 7) is 0.941. The van der Waals surface area contributed by atoms with Crippen molar-refractivity contribution >= 4 is 17.6 Å². The van der Waals surface area contributed by atoms with Gasteiger partial charge in [0.1, 0.15) is 0 Å². The maximum atomic E-state index is 11.7. The van der Waals surface area contributed by atoms with Crippen LogP contribution in [0.3, 0.4) is 0 Å². The van der Waals surface area contributed by atoms with Gasteiger partial charge in [0, 0.05) is 43.4 Å². The van der Waals surface area contributed by atoms with E-state index in [0.29, 0.717) is 25.5 Å². The Labute approximate surface area is 152 Å². The van der Waals surface area contributed by atoms with Gasteiger partial charge in [-0.15, -0.1) is 0 Å². The molecule has 138 valence electrons. The van der Waals surface area contributed by atoms with Crippen LogP contribution in [0.4, 0.5) is 5.69 Å². The highest BCUT2D eigenvalue weighted by atomic mass is 16.6. The predicted octanol–water partition coefficient (Wildman–Crippen LogP) is 2.01. The first-order valence-corrected chi connectivity index (χ1v) is 8.50. The normalized spacial score (nSPS) is 11.2. The number of rotatable bonds is 10. The van der Waals surface area contributed by atoms with E-state index in [-0.39, 0.29) is 5.91 Å². The highest BCUT2D eigenvalue weighted by molar-refractivity contribution is 5.92. The summed E-state index contributed by atoms with van der Waals surface area (Å²) in [5, 5.41) is 2.99. The number of nitrogens with zero attached hydrogens (tertiary/aromatic N) is 3. The van der Waals surface area contributed by atoms with E-state index in [9.17, 15) is 4.79 Å². The molecular weight excluding hydrogens is 332 g/mol. The van der Waals surface area contributed by atoms with Gasteiger partial charge in [0.25, 0.3) is 0 Å². The number of amides is 1. The number of pyridine rings is 2. The fourth-order valence-electron chi connectivity index (χ4n) is 2.13. The summed E-state index contributed by atoms with van der Waals surface area (Å²) >= 11 is 0. The molecular formula is C18H24N6O2. The molecule has 2 rings (SSSR count). The van der Waals surface area contributed by atoms with E-state index >= 15 is 0 Å². The van der Waals surface area contributed by atoms with Crippen molar-refractivity contribution in [3.63, 3.8) is 0 Å². The Hall–Kier alpha value is -3.00. The number of carbonyl (C=O) groups is 1. The Kier molecular flexibility index (Phi) is 8.58. The number of carbonyl (C=O) groups excluding carboxylic acids is 1. The molecule has 0 bridgehead atoms. The van der Waals surface area contributed by atoms with Crippen LogP contribution >= 0.6 is 0 Å². The van der Waals surface area contributed by atoms with Crippen molar-refractivity contribution in [1.29, 1.82) is 0 Å². The molecule has 8 nitrogen and oxygen atoms in total. The van der Waals surface area contributed by atoms with E-state index in [0.717, 1.165) is 30.5 Å². The van der Waals surface area contributed by atoms with Crippen LogP contribution in [0.1, 0.15) is 31.2 Å². The Morgan fingerprint density at radius 3 is 2.46 bits per heavy atom. The largest absolute Gasteiger partial charge is 0.370 e. The van der Waals surface area contributed by atoms with Gasteiger partial charge in [-0.25, -0.2) is 5.48 Å². The van der Waals surface area contributed by atoms with Gasteiger partial charge < -0.3 is 11.1 Å². The number of hydrogen-bond acceptors (Lipinski definition) is 5. The van der Waals surface area contributed by atoms with Crippen molar-refractivity contribution in [2.75, 3.05) is 11.9 Å². The highest BCUT2D eigenvalue weighted by Gasteiger charge is 2.01. The van der Waals surface area contributed by atoms with Crippen molar-refractivity contribution < 1.29 is 9.63 Å². The van der Waals surface area contributed by atoms with Crippen LogP contribution in [0.15, 0.2) is 54.0 Å². The fourth-order valence-corrected chi connectivity index (χ4v) is 2.13. The molecule has 1 amide bonds. The van der Waals surface area contributed by atoms with Crippen LogP contribution in [0.25, 0.3) is 0 Å². The standard InChI is InChI=1S/C18H24N6O2/c19-18(23-16-7-12-21-13-8-16)22-9-3-1-2-4-17(25)24-26-14-15-5-10-20-11-6-15/h5-8,10-13H,1-4,9,14H2,(H,24,25)(H3,19,21,22,23). The number of guanidine groups is 1. The van der Waals surface area contributed by atoms with E-state index in [4.69, 9.17) is 10.6 Å². The van der Waals surface area contributed by atoms with E-state index in [1.807, 2.05) is 24.3 Å². The van der Waals surface area contributed by atoms with Crippen molar-refractivity contribution in [2.45, 2.75) is 32.3 Å². The molecule has 0 unspecified atom stereocenters. The third-order valence-electron chi connectivity index (χ3n) is 3.47. The van der Waals surface area contributed by atoms with Crippen LogP contribution in [0, 0.1) is 0 Å². The number of nitrogens with one attached hydrogen (secondary N) is 2. The smallest absolute Gasteiger partial charge is 0.243 e. The van der Waals surface area contributed by atoms with Crippen LogP contribution in [0.5, 0.6) is 0 Å². The maximum Gasteiger partial charge on any atom is 0.243 e. The first-order valence-electron chi connectivity index (χ1n) is 8.50. The molecule has 0 atom stereocenters. The van der Waals surface area contributed by atoms with E-state index in [1.165, 1.54) is 0 Å². The summed E-state index contributed by atoms with van der Waals surface area (Å²) in [6, 6.07) is 7.30. The van der Waals surface area contributed by atoms with Gasteiger partial charge in [-0.1, -0.05) is 6.42 Å². The third kappa shape index (κ3) is 8.20. The zero-order valence-corrected chi connectivity index (χ0v) is 14.6. The van der Waals surface area contributed by atoms with Gasteiger partial charge in [0.05, 0.1) is 6.61 Å². The summed E-state index contributed by atoms with van der Waals surface area (Å²) in [7, 11) is 0. The minimum absolute atomic E-state index is 0.124. The summed E-state index contributed by atoms with van der Waals surface area (Å²) in [5.74, 6) is 0.250. The molecule has 2 heterocycles. The summed E-state index contributed by atoms with van der Waals surface area (Å²) in [4.78, 5) is 28.9. The number of aromatic nitrogens is 2. The lowest BCUT2D eigenvalue weighted by molar-refractivity contribution is -0.134. The number of unbranched alkanes of at least 4 members (excludes halogenated alkanes) is 2. The first kappa shape index (κ1) is 19.3. The van der Waals surface area contributed by atoms with E-state index < -0.39 is 0 Å². The van der Waals surface area contributed by atoms with Gasteiger partial charge >= 0.3 is 0 Å². The van der Waals surface area contributed by atoms with Crippen molar-refractivity contribution in [3.8, 4) is 0 Å². The topological polar surface area (TPSA) is 115 Å². The average molecular weight is 356 g/mol. The number of hydrogen-bond donors (Lipinski definition) is 3. The maximum absolute atomic E-state index is 11.7. The second-order valence-corrected chi connectivity index (χ2v) is 5.61. The minimum atomic E-state index is -0.124.